The van der Waals surface area contributed by atoms with Gasteiger partial charge >= 0.3 is 5.97 Å². The summed E-state index contributed by atoms with van der Waals surface area (Å²) in [5, 5.41) is 5.60. The molecule has 5 nitrogen and oxygen atoms in total. The van der Waals surface area contributed by atoms with Crippen molar-refractivity contribution in [2.24, 2.45) is 0 Å². The Balaban J connectivity index is 1.77. The van der Waals surface area contributed by atoms with Crippen LogP contribution in [0.15, 0.2) is 60.8 Å². The van der Waals surface area contributed by atoms with E-state index in [4.69, 9.17) is 14.6 Å². The zero-order valence-corrected chi connectivity index (χ0v) is 18.1. The normalized spacial score (nSPS) is 10.7. The number of rotatable bonds is 10. The number of carbonyl (C=O) groups excluding carboxylic acids is 1. The number of nitrogens with zero attached hydrogens (tertiary/aromatic N) is 2. The summed E-state index contributed by atoms with van der Waals surface area (Å²) in [7, 11) is 0. The summed E-state index contributed by atoms with van der Waals surface area (Å²) >= 11 is 3.36. The van der Waals surface area contributed by atoms with Crippen LogP contribution in [0, 0.1) is 0 Å². The Morgan fingerprint density at radius 2 is 1.86 bits per heavy atom. The van der Waals surface area contributed by atoms with Gasteiger partial charge in [-0.05, 0) is 36.6 Å². The number of aryl methyl sites for hydroxylation is 1. The first kappa shape index (κ1) is 21.1. The third-order valence-corrected chi connectivity index (χ3v) is 4.73. The third-order valence-electron chi connectivity index (χ3n) is 4.40. The summed E-state index contributed by atoms with van der Waals surface area (Å²) in [5.74, 6) is 0.673. The molecule has 0 bridgehead atoms. The lowest BCUT2D eigenvalue weighted by Gasteiger charge is -2.06. The van der Waals surface area contributed by atoms with Crippen LogP contribution in [0.3, 0.4) is 0 Å². The number of esters is 1. The highest BCUT2D eigenvalue weighted by Crippen LogP contribution is 2.24. The summed E-state index contributed by atoms with van der Waals surface area (Å²) < 4.78 is 12.6. The van der Waals surface area contributed by atoms with Crippen LogP contribution in [0.25, 0.3) is 11.3 Å². The van der Waals surface area contributed by atoms with Crippen LogP contribution >= 0.6 is 15.9 Å². The van der Waals surface area contributed by atoms with Gasteiger partial charge in [0.15, 0.2) is 0 Å². The smallest absolute Gasteiger partial charge is 0.306 e. The number of halogens is 1. The van der Waals surface area contributed by atoms with E-state index in [1.54, 1.807) is 0 Å². The highest BCUT2D eigenvalue weighted by Gasteiger charge is 2.13. The summed E-state index contributed by atoms with van der Waals surface area (Å²) in [6, 6.07) is 18.1. The fourth-order valence-electron chi connectivity index (χ4n) is 3.07. The minimum atomic E-state index is -0.182. The number of carbonyl (C=O) groups is 1. The van der Waals surface area contributed by atoms with Crippen LogP contribution in [0.2, 0.25) is 0 Å². The summed E-state index contributed by atoms with van der Waals surface area (Å²) in [5.41, 5.74) is 4.13. The van der Waals surface area contributed by atoms with E-state index >= 15 is 0 Å². The number of alkyl halides is 1. The van der Waals surface area contributed by atoms with E-state index in [1.807, 2.05) is 72.4 Å². The zero-order chi connectivity index (χ0) is 20.5. The fraction of sp³-hybridized carbons (Fsp3) is 0.304. The average Bonchev–Trinajstić information content (AvgIpc) is 3.15. The van der Waals surface area contributed by atoms with Crippen LogP contribution in [-0.4, -0.2) is 34.3 Å². The number of aromatic nitrogens is 2. The third kappa shape index (κ3) is 6.19. The lowest BCUT2D eigenvalue weighted by Crippen LogP contribution is -2.05. The van der Waals surface area contributed by atoms with Crippen LogP contribution < -0.4 is 4.74 Å². The van der Waals surface area contributed by atoms with Gasteiger partial charge in [-0.3, -0.25) is 9.48 Å². The largest absolute Gasteiger partial charge is 0.493 e. The van der Waals surface area contributed by atoms with Crippen molar-refractivity contribution in [3.63, 3.8) is 0 Å². The topological polar surface area (TPSA) is 53.4 Å². The molecule has 0 aliphatic rings. The Kier molecular flexibility index (Phi) is 7.87. The van der Waals surface area contributed by atoms with E-state index in [0.717, 1.165) is 33.5 Å². The molecule has 2 aromatic carbocycles. The molecule has 6 heteroatoms. The van der Waals surface area contributed by atoms with Crippen molar-refractivity contribution in [1.82, 2.24) is 9.78 Å². The van der Waals surface area contributed by atoms with Crippen molar-refractivity contribution in [3.8, 4) is 17.0 Å². The van der Waals surface area contributed by atoms with Crippen LogP contribution in [0.4, 0.5) is 0 Å². The van der Waals surface area contributed by atoms with Crippen molar-refractivity contribution in [2.45, 2.75) is 26.3 Å². The molecule has 0 spiro atoms. The van der Waals surface area contributed by atoms with Crippen molar-refractivity contribution in [3.05, 3.63) is 71.9 Å². The molecule has 152 valence electrons. The van der Waals surface area contributed by atoms with Gasteiger partial charge in [-0.1, -0.05) is 58.4 Å². The van der Waals surface area contributed by atoms with Crippen LogP contribution in [0.1, 0.15) is 24.5 Å². The highest BCUT2D eigenvalue weighted by molar-refractivity contribution is 9.09. The van der Waals surface area contributed by atoms with Crippen molar-refractivity contribution in [2.75, 3.05) is 18.5 Å². The molecule has 0 saturated heterocycles. The SMILES string of the molecule is CCOC(=O)CCc1cn(Cc2ccc(OCCBr)cc2)nc1-c1ccccc1. The van der Waals surface area contributed by atoms with Gasteiger partial charge in [-0.25, -0.2) is 0 Å². The van der Waals surface area contributed by atoms with Gasteiger partial charge in [-0.15, -0.1) is 0 Å². The molecule has 0 atom stereocenters. The lowest BCUT2D eigenvalue weighted by molar-refractivity contribution is -0.143. The number of hydrogen-bond donors (Lipinski definition) is 0. The van der Waals surface area contributed by atoms with Gasteiger partial charge in [0.25, 0.3) is 0 Å². The molecule has 0 aliphatic carbocycles. The minimum Gasteiger partial charge on any atom is -0.493 e. The second kappa shape index (κ2) is 10.8. The molecule has 0 aliphatic heterocycles. The molecule has 1 aromatic heterocycles. The van der Waals surface area contributed by atoms with Gasteiger partial charge in [0.05, 0.1) is 25.5 Å². The zero-order valence-electron chi connectivity index (χ0n) is 16.5. The van der Waals surface area contributed by atoms with Gasteiger partial charge in [-0.2, -0.15) is 5.10 Å². The van der Waals surface area contributed by atoms with Gasteiger partial charge in [0, 0.05) is 23.5 Å². The molecule has 0 amide bonds. The summed E-state index contributed by atoms with van der Waals surface area (Å²) in [6.07, 6.45) is 2.97. The van der Waals surface area contributed by atoms with E-state index in [-0.39, 0.29) is 5.97 Å². The molecule has 0 unspecified atom stereocenters. The molecular formula is C23H25BrN2O3. The Labute approximate surface area is 179 Å². The van der Waals surface area contributed by atoms with Crippen LogP contribution in [-0.2, 0) is 22.5 Å². The van der Waals surface area contributed by atoms with E-state index in [1.165, 1.54) is 0 Å². The second-order valence-electron chi connectivity index (χ2n) is 6.55. The molecule has 1 heterocycles. The Hall–Kier alpha value is -2.60. The molecule has 29 heavy (non-hydrogen) atoms. The van der Waals surface area contributed by atoms with Crippen molar-refractivity contribution >= 4 is 21.9 Å². The first-order valence-electron chi connectivity index (χ1n) is 9.74. The molecule has 3 aromatic rings. The Morgan fingerprint density at radius 1 is 1.10 bits per heavy atom. The molecule has 0 radical (unpaired) electrons. The predicted molar refractivity (Wildman–Crippen MR) is 117 cm³/mol. The van der Waals surface area contributed by atoms with Gasteiger partial charge in [0.2, 0.25) is 0 Å². The number of benzene rings is 2. The fourth-order valence-corrected chi connectivity index (χ4v) is 3.23. The molecule has 3 rings (SSSR count). The van der Waals surface area contributed by atoms with Gasteiger partial charge in [0.1, 0.15) is 5.75 Å². The first-order valence-corrected chi connectivity index (χ1v) is 10.9. The highest BCUT2D eigenvalue weighted by atomic mass is 79.9. The number of ether oxygens (including phenoxy) is 2. The molecular weight excluding hydrogens is 432 g/mol. The standard InChI is InChI=1S/C23H25BrN2O3/c1-2-28-22(27)13-10-20-17-26(25-23(20)19-6-4-3-5-7-19)16-18-8-11-21(12-9-18)29-15-14-24/h3-9,11-12,17H,2,10,13-16H2,1H3. The molecule has 0 N–H and O–H groups in total. The minimum absolute atomic E-state index is 0.182. The number of hydrogen-bond acceptors (Lipinski definition) is 4. The van der Waals surface area contributed by atoms with E-state index in [9.17, 15) is 4.79 Å². The second-order valence-corrected chi connectivity index (χ2v) is 7.35. The molecule has 0 saturated carbocycles. The van der Waals surface area contributed by atoms with Crippen LogP contribution in [0.5, 0.6) is 5.75 Å². The van der Waals surface area contributed by atoms with Crippen molar-refractivity contribution < 1.29 is 14.3 Å². The summed E-state index contributed by atoms with van der Waals surface area (Å²) in [4.78, 5) is 11.8. The monoisotopic (exact) mass is 456 g/mol. The quantitative estimate of drug-likeness (QED) is 0.322. The summed E-state index contributed by atoms with van der Waals surface area (Å²) in [6.45, 7) is 3.52. The van der Waals surface area contributed by atoms with E-state index in [2.05, 4.69) is 15.9 Å². The Bertz CT molecular complexity index is 908. The maximum Gasteiger partial charge on any atom is 0.306 e. The van der Waals surface area contributed by atoms with E-state index < -0.39 is 0 Å². The lowest BCUT2D eigenvalue weighted by atomic mass is 10.0. The maximum atomic E-state index is 11.8. The maximum absolute atomic E-state index is 11.8. The first-order chi connectivity index (χ1) is 14.2. The van der Waals surface area contributed by atoms with Gasteiger partial charge < -0.3 is 9.47 Å². The predicted octanol–water partition coefficient (Wildman–Crippen LogP) is 4.87. The van der Waals surface area contributed by atoms with E-state index in [0.29, 0.717) is 32.6 Å². The average molecular weight is 457 g/mol. The van der Waals surface area contributed by atoms with Crippen molar-refractivity contribution in [1.29, 1.82) is 0 Å². The Morgan fingerprint density at radius 3 is 2.55 bits per heavy atom. The molecule has 0 fully saturated rings.